The van der Waals surface area contributed by atoms with Gasteiger partial charge in [0.25, 0.3) is 0 Å². The summed E-state index contributed by atoms with van der Waals surface area (Å²) in [7, 11) is 0. The van der Waals surface area contributed by atoms with E-state index < -0.39 is 0 Å². The Morgan fingerprint density at radius 3 is 1.39 bits per heavy atom. The lowest BCUT2D eigenvalue weighted by Gasteiger charge is -2.31. The fourth-order valence-corrected chi connectivity index (χ4v) is 4.27. The Kier molecular flexibility index (Phi) is 5.00. The summed E-state index contributed by atoms with van der Waals surface area (Å²) in [4.78, 5) is 4.42. The monoisotopic (exact) mass is 436 g/mol. The molecule has 2 aliphatic rings. The van der Waals surface area contributed by atoms with Gasteiger partial charge in [-0.25, -0.2) is 0 Å². The summed E-state index contributed by atoms with van der Waals surface area (Å²) >= 11 is 0. The van der Waals surface area contributed by atoms with Crippen LogP contribution in [0.15, 0.2) is 97.1 Å². The topological polar surface area (TPSA) is 34.2 Å². The average Bonchev–Trinajstić information content (AvgIpc) is 2.89. The van der Waals surface area contributed by atoms with Crippen LogP contribution in [-0.4, -0.2) is 13.5 Å². The van der Waals surface area contributed by atoms with Crippen LogP contribution < -0.4 is 24.0 Å². The Hall–Kier alpha value is -4.12. The molecule has 0 aromatic heterocycles. The van der Waals surface area contributed by atoms with Crippen molar-refractivity contribution in [3.63, 3.8) is 0 Å². The first-order valence-electron chi connectivity index (χ1n) is 11.1. The molecule has 5 heteroatoms. The third-order valence-corrected chi connectivity index (χ3v) is 6.06. The van der Waals surface area contributed by atoms with E-state index in [1.54, 1.807) is 0 Å². The molecule has 0 aliphatic carbocycles. The van der Waals surface area contributed by atoms with Gasteiger partial charge in [0, 0.05) is 35.6 Å². The summed E-state index contributed by atoms with van der Waals surface area (Å²) < 4.78 is 17.8. The standard InChI is InChI=1S/C28H24N2O3/c1-3-7-27-21(5-1)17-29(19-31-27)23-9-13-25(14-10-23)33-26-15-11-24(12-16-26)30-18-22-6-2-4-8-28(22)32-20-30/h1-16H,17-20H2. The molecular formula is C28H24N2O3. The maximum absolute atomic E-state index is 6.08. The molecule has 0 atom stereocenters. The van der Waals surface area contributed by atoms with E-state index in [1.165, 1.54) is 11.1 Å². The molecule has 2 heterocycles. The summed E-state index contributed by atoms with van der Waals surface area (Å²) in [6.07, 6.45) is 0. The molecule has 164 valence electrons. The number of hydrogen-bond donors (Lipinski definition) is 0. The van der Waals surface area contributed by atoms with Crippen LogP contribution in [0.1, 0.15) is 11.1 Å². The number of hydrogen-bond acceptors (Lipinski definition) is 5. The van der Waals surface area contributed by atoms with Gasteiger partial charge in [-0.3, -0.25) is 0 Å². The van der Waals surface area contributed by atoms with Crippen molar-refractivity contribution in [3.8, 4) is 23.0 Å². The second kappa shape index (κ2) is 8.43. The van der Waals surface area contributed by atoms with Crippen LogP contribution >= 0.6 is 0 Å². The molecule has 4 aromatic carbocycles. The lowest BCUT2D eigenvalue weighted by atomic mass is 10.1. The number of fused-ring (bicyclic) bond motifs is 2. The van der Waals surface area contributed by atoms with Crippen LogP contribution in [0.3, 0.4) is 0 Å². The zero-order valence-electron chi connectivity index (χ0n) is 18.2. The summed E-state index contributed by atoms with van der Waals surface area (Å²) in [6.45, 7) is 2.76. The van der Waals surface area contributed by atoms with Crippen LogP contribution in [0.4, 0.5) is 11.4 Å². The maximum atomic E-state index is 6.08. The quantitative estimate of drug-likeness (QED) is 0.381. The zero-order valence-corrected chi connectivity index (χ0v) is 18.2. The highest BCUT2D eigenvalue weighted by Gasteiger charge is 2.18. The van der Waals surface area contributed by atoms with Crippen LogP contribution in [0.25, 0.3) is 0 Å². The van der Waals surface area contributed by atoms with Crippen LogP contribution in [0.5, 0.6) is 23.0 Å². The van der Waals surface area contributed by atoms with Gasteiger partial charge in [0.2, 0.25) is 0 Å². The Bertz CT molecular complexity index is 1160. The highest BCUT2D eigenvalue weighted by Crippen LogP contribution is 2.32. The minimum atomic E-state index is 0.545. The number of ether oxygens (including phenoxy) is 3. The van der Waals surface area contributed by atoms with Crippen LogP contribution in [0.2, 0.25) is 0 Å². The highest BCUT2D eigenvalue weighted by atomic mass is 16.5. The van der Waals surface area contributed by atoms with Gasteiger partial charge in [-0.2, -0.15) is 0 Å². The van der Waals surface area contributed by atoms with Crippen LogP contribution in [-0.2, 0) is 13.1 Å². The fraction of sp³-hybridized carbons (Fsp3) is 0.143. The van der Waals surface area contributed by atoms with Gasteiger partial charge in [0.05, 0.1) is 0 Å². The largest absolute Gasteiger partial charge is 0.473 e. The molecule has 0 bridgehead atoms. The van der Waals surface area contributed by atoms with Gasteiger partial charge >= 0.3 is 0 Å². The van der Waals surface area contributed by atoms with Crippen molar-refractivity contribution in [1.82, 2.24) is 0 Å². The van der Waals surface area contributed by atoms with E-state index in [-0.39, 0.29) is 0 Å². The van der Waals surface area contributed by atoms with E-state index in [0.717, 1.165) is 47.5 Å². The lowest BCUT2D eigenvalue weighted by molar-refractivity contribution is 0.289. The molecule has 0 saturated heterocycles. The van der Waals surface area contributed by atoms with Crippen molar-refractivity contribution in [3.05, 3.63) is 108 Å². The molecule has 2 aliphatic heterocycles. The van der Waals surface area contributed by atoms with E-state index in [4.69, 9.17) is 14.2 Å². The molecular weight excluding hydrogens is 412 g/mol. The van der Waals surface area contributed by atoms with Gasteiger partial charge in [-0.1, -0.05) is 36.4 Å². The summed E-state index contributed by atoms with van der Waals surface area (Å²) in [5.74, 6) is 3.55. The fourth-order valence-electron chi connectivity index (χ4n) is 4.27. The number of benzene rings is 4. The molecule has 0 amide bonds. The molecule has 33 heavy (non-hydrogen) atoms. The molecule has 0 radical (unpaired) electrons. The minimum Gasteiger partial charge on any atom is -0.473 e. The predicted molar refractivity (Wildman–Crippen MR) is 129 cm³/mol. The average molecular weight is 437 g/mol. The molecule has 0 N–H and O–H groups in total. The molecule has 0 fully saturated rings. The third kappa shape index (κ3) is 4.05. The second-order valence-corrected chi connectivity index (χ2v) is 8.25. The Morgan fingerprint density at radius 2 is 0.939 bits per heavy atom. The van der Waals surface area contributed by atoms with Gasteiger partial charge < -0.3 is 24.0 Å². The van der Waals surface area contributed by atoms with Crippen LogP contribution in [0, 0.1) is 0 Å². The smallest absolute Gasteiger partial charge is 0.161 e. The molecule has 0 unspecified atom stereocenters. The van der Waals surface area contributed by atoms with Crippen molar-refractivity contribution >= 4 is 11.4 Å². The molecule has 4 aromatic rings. The number of rotatable bonds is 4. The molecule has 0 spiro atoms. The summed E-state index contributed by atoms with van der Waals surface area (Å²) in [5.41, 5.74) is 4.62. The van der Waals surface area contributed by atoms with E-state index in [2.05, 4.69) is 46.2 Å². The Morgan fingerprint density at radius 1 is 0.515 bits per heavy atom. The number of anilines is 2. The SMILES string of the molecule is c1ccc2c(c1)CN(c1ccc(Oc3ccc(N4COc5ccccc5C4)cc3)cc1)CO2. The summed E-state index contributed by atoms with van der Waals surface area (Å²) in [5, 5.41) is 0. The lowest BCUT2D eigenvalue weighted by Crippen LogP contribution is -2.31. The van der Waals surface area contributed by atoms with Gasteiger partial charge in [-0.05, 0) is 60.7 Å². The molecule has 5 nitrogen and oxygen atoms in total. The van der Waals surface area contributed by atoms with E-state index in [9.17, 15) is 0 Å². The Balaban J connectivity index is 1.10. The second-order valence-electron chi connectivity index (χ2n) is 8.25. The van der Waals surface area contributed by atoms with E-state index in [1.807, 2.05) is 60.7 Å². The first-order chi connectivity index (χ1) is 16.3. The summed E-state index contributed by atoms with van der Waals surface area (Å²) in [6, 6.07) is 32.7. The zero-order chi connectivity index (χ0) is 22.0. The highest BCUT2D eigenvalue weighted by molar-refractivity contribution is 5.54. The van der Waals surface area contributed by atoms with Crippen molar-refractivity contribution in [2.24, 2.45) is 0 Å². The van der Waals surface area contributed by atoms with Crippen molar-refractivity contribution in [1.29, 1.82) is 0 Å². The van der Waals surface area contributed by atoms with Gasteiger partial charge in [0.1, 0.15) is 23.0 Å². The first kappa shape index (κ1) is 19.6. The van der Waals surface area contributed by atoms with E-state index >= 15 is 0 Å². The van der Waals surface area contributed by atoms with E-state index in [0.29, 0.717) is 13.5 Å². The van der Waals surface area contributed by atoms with Crippen molar-refractivity contribution < 1.29 is 14.2 Å². The van der Waals surface area contributed by atoms with Crippen molar-refractivity contribution in [2.75, 3.05) is 23.3 Å². The Labute approximate surface area is 193 Å². The van der Waals surface area contributed by atoms with Crippen molar-refractivity contribution in [2.45, 2.75) is 13.1 Å². The minimum absolute atomic E-state index is 0.545. The van der Waals surface area contributed by atoms with Gasteiger partial charge in [-0.15, -0.1) is 0 Å². The third-order valence-electron chi connectivity index (χ3n) is 6.06. The number of para-hydroxylation sites is 2. The molecule has 0 saturated carbocycles. The normalized spacial score (nSPS) is 14.5. The predicted octanol–water partition coefficient (Wildman–Crippen LogP) is 6.19. The van der Waals surface area contributed by atoms with Gasteiger partial charge in [0.15, 0.2) is 13.5 Å². The first-order valence-corrected chi connectivity index (χ1v) is 11.1. The number of nitrogens with zero attached hydrogens (tertiary/aromatic N) is 2. The maximum Gasteiger partial charge on any atom is 0.161 e. The molecule has 6 rings (SSSR count).